The normalized spacial score (nSPS) is 18.9. The molecule has 2 heterocycles. The van der Waals surface area contributed by atoms with Gasteiger partial charge >= 0.3 is 0 Å². The largest absolute Gasteiger partial charge is 0.345 e. The molecule has 2 aromatic rings. The number of nitrogens with one attached hydrogen (secondary N) is 2. The van der Waals surface area contributed by atoms with Crippen LogP contribution in [0.2, 0.25) is 0 Å². The molecule has 1 aromatic carbocycles. The maximum atomic E-state index is 12.6. The van der Waals surface area contributed by atoms with Crippen molar-refractivity contribution < 1.29 is 14.4 Å². The van der Waals surface area contributed by atoms with Crippen LogP contribution >= 0.6 is 0 Å². The van der Waals surface area contributed by atoms with Crippen LogP contribution in [0.5, 0.6) is 0 Å². The summed E-state index contributed by atoms with van der Waals surface area (Å²) in [7, 11) is 0. The highest BCUT2D eigenvalue weighted by Crippen LogP contribution is 2.17. The van der Waals surface area contributed by atoms with Crippen LogP contribution in [0, 0.1) is 0 Å². The molecule has 2 N–H and O–H groups in total. The van der Waals surface area contributed by atoms with Gasteiger partial charge in [0, 0.05) is 5.56 Å². The molecule has 0 bridgehead atoms. The number of imidazole rings is 1. The molecule has 0 aliphatic carbocycles. The second kappa shape index (κ2) is 5.01. The zero-order valence-corrected chi connectivity index (χ0v) is 11.4. The molecule has 7 nitrogen and oxygen atoms in total. The molecular weight excluding hydrogens is 272 g/mol. The predicted octanol–water partition coefficient (Wildman–Crippen LogP) is 0.440. The van der Waals surface area contributed by atoms with Gasteiger partial charge in [-0.25, -0.2) is 4.98 Å². The van der Waals surface area contributed by atoms with Crippen molar-refractivity contribution in [2.24, 2.45) is 0 Å². The first kappa shape index (κ1) is 13.3. The number of benzene rings is 1. The fourth-order valence-corrected chi connectivity index (χ4v) is 2.52. The number of hydrogen-bond donors (Lipinski definition) is 2. The van der Waals surface area contributed by atoms with E-state index < -0.39 is 17.9 Å². The molecule has 1 unspecified atom stereocenters. The van der Waals surface area contributed by atoms with Gasteiger partial charge in [-0.2, -0.15) is 0 Å². The molecule has 1 aliphatic heterocycles. The summed E-state index contributed by atoms with van der Waals surface area (Å²) in [6, 6.07) is 4.43. The van der Waals surface area contributed by atoms with Crippen LogP contribution in [-0.4, -0.2) is 45.2 Å². The topological polar surface area (TPSA) is 95.2 Å². The van der Waals surface area contributed by atoms with E-state index in [9.17, 15) is 14.4 Å². The minimum Gasteiger partial charge on any atom is -0.345 e. The Morgan fingerprint density at radius 2 is 2.24 bits per heavy atom. The van der Waals surface area contributed by atoms with E-state index in [-0.39, 0.29) is 12.5 Å². The molecule has 0 spiro atoms. The molecule has 1 saturated heterocycles. The Hall–Kier alpha value is -2.70. The Bertz CT molecular complexity index is 737. The Morgan fingerprint density at radius 3 is 3.00 bits per heavy atom. The first-order valence-electron chi connectivity index (χ1n) is 6.68. The Balaban J connectivity index is 1.95. The highest BCUT2D eigenvalue weighted by Gasteiger charge is 2.35. The lowest BCUT2D eigenvalue weighted by atomic mass is 10.1. The summed E-state index contributed by atoms with van der Waals surface area (Å²) < 4.78 is 0. The summed E-state index contributed by atoms with van der Waals surface area (Å²) >= 11 is 0. The van der Waals surface area contributed by atoms with Crippen molar-refractivity contribution in [3.63, 3.8) is 0 Å². The smallest absolute Gasteiger partial charge is 0.255 e. The van der Waals surface area contributed by atoms with Gasteiger partial charge in [0.25, 0.3) is 5.91 Å². The molecule has 1 aromatic heterocycles. The van der Waals surface area contributed by atoms with Crippen molar-refractivity contribution in [2.75, 3.05) is 6.54 Å². The fraction of sp³-hybridized carbons (Fsp3) is 0.286. The number of aromatic amines is 1. The fourth-order valence-electron chi connectivity index (χ4n) is 2.52. The van der Waals surface area contributed by atoms with Gasteiger partial charge in [0.15, 0.2) is 0 Å². The van der Waals surface area contributed by atoms with Crippen LogP contribution in [0.15, 0.2) is 24.5 Å². The van der Waals surface area contributed by atoms with Gasteiger partial charge < -0.3 is 9.88 Å². The lowest BCUT2D eigenvalue weighted by molar-refractivity contribution is -0.138. The van der Waals surface area contributed by atoms with Gasteiger partial charge in [-0.3, -0.25) is 19.7 Å². The Kier molecular flexibility index (Phi) is 3.17. The van der Waals surface area contributed by atoms with Crippen LogP contribution < -0.4 is 5.32 Å². The van der Waals surface area contributed by atoms with Crippen molar-refractivity contribution >= 4 is 28.8 Å². The van der Waals surface area contributed by atoms with Crippen molar-refractivity contribution in [1.82, 2.24) is 20.2 Å². The highest BCUT2D eigenvalue weighted by atomic mass is 16.2. The van der Waals surface area contributed by atoms with Crippen LogP contribution in [0.1, 0.15) is 23.7 Å². The third-order valence-electron chi connectivity index (χ3n) is 3.57. The van der Waals surface area contributed by atoms with E-state index in [1.165, 1.54) is 4.90 Å². The van der Waals surface area contributed by atoms with Gasteiger partial charge in [-0.15, -0.1) is 0 Å². The molecule has 108 valence electrons. The number of carbonyl (C=O) groups excluding carboxylic acids is 3. The molecule has 1 aliphatic rings. The Labute approximate surface area is 120 Å². The number of piperazine rings is 1. The molecule has 3 rings (SSSR count). The monoisotopic (exact) mass is 286 g/mol. The van der Waals surface area contributed by atoms with Crippen LogP contribution in [0.25, 0.3) is 11.0 Å². The molecular formula is C14H14N4O3. The van der Waals surface area contributed by atoms with E-state index in [1.807, 2.05) is 0 Å². The van der Waals surface area contributed by atoms with E-state index in [2.05, 4.69) is 15.3 Å². The number of rotatable bonds is 2. The van der Waals surface area contributed by atoms with E-state index in [4.69, 9.17) is 0 Å². The van der Waals surface area contributed by atoms with E-state index in [0.717, 1.165) is 11.0 Å². The van der Waals surface area contributed by atoms with Gasteiger partial charge in [0.2, 0.25) is 11.8 Å². The first-order valence-corrected chi connectivity index (χ1v) is 6.68. The minimum absolute atomic E-state index is 0.107. The summed E-state index contributed by atoms with van der Waals surface area (Å²) in [5.74, 6) is -1.22. The van der Waals surface area contributed by atoms with Crippen molar-refractivity contribution in [2.45, 2.75) is 19.4 Å². The number of carbonyl (C=O) groups is 3. The summed E-state index contributed by atoms with van der Waals surface area (Å²) in [6.07, 6.45) is 2.00. The molecule has 7 heteroatoms. The highest BCUT2D eigenvalue weighted by molar-refractivity contribution is 6.07. The molecule has 3 amide bonds. The van der Waals surface area contributed by atoms with Crippen molar-refractivity contribution in [1.29, 1.82) is 0 Å². The third-order valence-corrected chi connectivity index (χ3v) is 3.57. The average molecular weight is 286 g/mol. The summed E-state index contributed by atoms with van der Waals surface area (Å²) in [4.78, 5) is 44.2. The van der Waals surface area contributed by atoms with Gasteiger partial charge in [0.05, 0.1) is 17.4 Å². The molecule has 1 fully saturated rings. The second-order valence-electron chi connectivity index (χ2n) is 4.90. The SMILES string of the molecule is CCC1C(=O)NC(=O)CN1C(=O)c1ccc2nc[nH]c2c1. The zero-order valence-electron chi connectivity index (χ0n) is 11.4. The number of amides is 3. The lowest BCUT2D eigenvalue weighted by Crippen LogP contribution is -2.59. The van der Waals surface area contributed by atoms with E-state index in [1.54, 1.807) is 31.5 Å². The van der Waals surface area contributed by atoms with E-state index in [0.29, 0.717) is 12.0 Å². The maximum absolute atomic E-state index is 12.6. The van der Waals surface area contributed by atoms with Crippen LogP contribution in [0.3, 0.4) is 0 Å². The van der Waals surface area contributed by atoms with Gasteiger partial charge in [-0.1, -0.05) is 6.92 Å². The zero-order chi connectivity index (χ0) is 15.0. The third kappa shape index (κ3) is 2.26. The number of nitrogens with zero attached hydrogens (tertiary/aromatic N) is 2. The molecule has 1 atom stereocenters. The summed E-state index contributed by atoms with van der Waals surface area (Å²) in [5.41, 5.74) is 1.92. The van der Waals surface area contributed by atoms with Gasteiger partial charge in [-0.05, 0) is 24.6 Å². The first-order chi connectivity index (χ1) is 10.1. The maximum Gasteiger partial charge on any atom is 0.255 e. The molecule has 0 radical (unpaired) electrons. The number of aromatic nitrogens is 2. The van der Waals surface area contributed by atoms with Crippen molar-refractivity contribution in [3.05, 3.63) is 30.1 Å². The average Bonchev–Trinajstić information content (AvgIpc) is 2.93. The second-order valence-corrected chi connectivity index (χ2v) is 4.90. The predicted molar refractivity (Wildman–Crippen MR) is 74.4 cm³/mol. The van der Waals surface area contributed by atoms with Crippen LogP contribution in [-0.2, 0) is 9.59 Å². The standard InChI is InChI=1S/C14H14N4O3/c1-2-11-13(20)17-12(19)6-18(11)14(21)8-3-4-9-10(5-8)16-7-15-9/h3-5,7,11H,2,6H2,1H3,(H,15,16)(H,17,19,20). The molecule has 0 saturated carbocycles. The Morgan fingerprint density at radius 1 is 1.43 bits per heavy atom. The summed E-state index contributed by atoms with van der Waals surface area (Å²) in [5, 5.41) is 2.25. The summed E-state index contributed by atoms with van der Waals surface area (Å²) in [6.45, 7) is 1.70. The van der Waals surface area contributed by atoms with Crippen molar-refractivity contribution in [3.8, 4) is 0 Å². The number of fused-ring (bicyclic) bond motifs is 1. The lowest BCUT2D eigenvalue weighted by Gasteiger charge is -2.33. The van der Waals surface area contributed by atoms with Gasteiger partial charge in [0.1, 0.15) is 12.6 Å². The number of hydrogen-bond acceptors (Lipinski definition) is 4. The number of H-pyrrole nitrogens is 1. The number of imide groups is 1. The minimum atomic E-state index is -0.618. The van der Waals surface area contributed by atoms with E-state index >= 15 is 0 Å². The quantitative estimate of drug-likeness (QED) is 0.783. The molecule has 21 heavy (non-hydrogen) atoms. The van der Waals surface area contributed by atoms with Crippen LogP contribution in [0.4, 0.5) is 0 Å².